The molecule has 0 saturated carbocycles. The number of aryl methyl sites for hydroxylation is 1. The minimum Gasteiger partial charge on any atom is -0.480 e. The molecular formula is C8H13ClN2O3. The second kappa shape index (κ2) is 6.39. The molecule has 1 heterocycles. The molecule has 80 valence electrons. The molecule has 0 spiro atoms. The van der Waals surface area contributed by atoms with Crippen molar-refractivity contribution >= 4 is 18.4 Å². The summed E-state index contributed by atoms with van der Waals surface area (Å²) >= 11 is 0. The third-order valence-corrected chi connectivity index (χ3v) is 1.63. The van der Waals surface area contributed by atoms with E-state index in [2.05, 4.69) is 4.98 Å². The van der Waals surface area contributed by atoms with Crippen molar-refractivity contribution < 1.29 is 14.6 Å². The van der Waals surface area contributed by atoms with Crippen molar-refractivity contribution in [2.45, 2.75) is 13.5 Å². The lowest BCUT2D eigenvalue weighted by Gasteiger charge is -2.04. The zero-order valence-corrected chi connectivity index (χ0v) is 8.66. The van der Waals surface area contributed by atoms with Crippen LogP contribution in [0.5, 0.6) is 0 Å². The fourth-order valence-corrected chi connectivity index (χ4v) is 0.962. The average molecular weight is 221 g/mol. The number of halogens is 1. The maximum atomic E-state index is 10.1. The molecule has 0 fully saturated rings. The van der Waals surface area contributed by atoms with Gasteiger partial charge in [0.25, 0.3) is 0 Å². The number of aromatic nitrogens is 2. The molecule has 6 heteroatoms. The first kappa shape index (κ1) is 12.9. The van der Waals surface area contributed by atoms with Crippen molar-refractivity contribution in [3.63, 3.8) is 0 Å². The Bertz CT molecular complexity index is 288. The average Bonchev–Trinajstić information content (AvgIpc) is 2.45. The van der Waals surface area contributed by atoms with Gasteiger partial charge in [-0.15, -0.1) is 12.4 Å². The molecule has 1 aromatic rings. The first-order valence-electron chi connectivity index (χ1n) is 3.97. The zero-order valence-electron chi connectivity index (χ0n) is 7.84. The molecule has 0 radical (unpaired) electrons. The van der Waals surface area contributed by atoms with Crippen LogP contribution in [-0.4, -0.2) is 33.8 Å². The Labute approximate surface area is 88.1 Å². The molecule has 1 aromatic heterocycles. The molecule has 0 aromatic carbocycles. The van der Waals surface area contributed by atoms with Crippen LogP contribution < -0.4 is 0 Å². The Kier molecular flexibility index (Phi) is 5.91. The number of rotatable bonds is 5. The molecule has 0 amide bonds. The van der Waals surface area contributed by atoms with E-state index in [1.54, 1.807) is 6.20 Å². The summed E-state index contributed by atoms with van der Waals surface area (Å²) in [7, 11) is 0. The highest BCUT2D eigenvalue weighted by molar-refractivity contribution is 5.85. The van der Waals surface area contributed by atoms with Crippen molar-refractivity contribution in [1.82, 2.24) is 9.55 Å². The number of ether oxygens (including phenoxy) is 1. The minimum atomic E-state index is -0.942. The fourth-order valence-electron chi connectivity index (χ4n) is 0.962. The molecule has 1 N–H and O–H groups in total. The highest BCUT2D eigenvalue weighted by Gasteiger charge is 1.98. The molecular weight excluding hydrogens is 208 g/mol. The van der Waals surface area contributed by atoms with Crippen molar-refractivity contribution in [3.05, 3.63) is 18.2 Å². The van der Waals surface area contributed by atoms with Gasteiger partial charge in [0.15, 0.2) is 0 Å². The summed E-state index contributed by atoms with van der Waals surface area (Å²) in [6.07, 6.45) is 3.53. The van der Waals surface area contributed by atoms with Crippen molar-refractivity contribution in [3.8, 4) is 0 Å². The van der Waals surface area contributed by atoms with Crippen LogP contribution in [0.25, 0.3) is 0 Å². The Morgan fingerprint density at radius 2 is 2.43 bits per heavy atom. The monoisotopic (exact) mass is 220 g/mol. The van der Waals surface area contributed by atoms with Crippen molar-refractivity contribution in [2.24, 2.45) is 0 Å². The molecule has 0 aliphatic heterocycles. The van der Waals surface area contributed by atoms with Gasteiger partial charge in [-0.2, -0.15) is 0 Å². The van der Waals surface area contributed by atoms with Crippen LogP contribution in [0, 0.1) is 6.92 Å². The second-order valence-corrected chi connectivity index (χ2v) is 2.61. The summed E-state index contributed by atoms with van der Waals surface area (Å²) in [4.78, 5) is 14.1. The van der Waals surface area contributed by atoms with E-state index in [9.17, 15) is 4.79 Å². The van der Waals surface area contributed by atoms with Crippen molar-refractivity contribution in [2.75, 3.05) is 13.2 Å². The van der Waals surface area contributed by atoms with Crippen LogP contribution in [0.1, 0.15) is 5.82 Å². The predicted octanol–water partition coefficient (Wildman–Crippen LogP) is 0.715. The lowest BCUT2D eigenvalue weighted by molar-refractivity contribution is -0.142. The van der Waals surface area contributed by atoms with E-state index < -0.39 is 5.97 Å². The SMILES string of the molecule is Cc1nccn1CCOCC(=O)O.Cl. The van der Waals surface area contributed by atoms with Gasteiger partial charge >= 0.3 is 5.97 Å². The van der Waals surface area contributed by atoms with Crippen molar-refractivity contribution in [1.29, 1.82) is 0 Å². The molecule has 0 unspecified atom stereocenters. The van der Waals surface area contributed by atoms with Crippen LogP contribution in [0.4, 0.5) is 0 Å². The molecule has 5 nitrogen and oxygen atoms in total. The summed E-state index contributed by atoms with van der Waals surface area (Å²) in [5.41, 5.74) is 0. The van der Waals surface area contributed by atoms with Gasteiger partial charge in [-0.25, -0.2) is 9.78 Å². The number of nitrogens with zero attached hydrogens (tertiary/aromatic N) is 2. The fraction of sp³-hybridized carbons (Fsp3) is 0.500. The molecule has 1 rings (SSSR count). The Hall–Kier alpha value is -1.07. The van der Waals surface area contributed by atoms with E-state index in [1.807, 2.05) is 17.7 Å². The first-order chi connectivity index (χ1) is 6.20. The molecule has 0 atom stereocenters. The van der Waals surface area contributed by atoms with E-state index in [-0.39, 0.29) is 19.0 Å². The topological polar surface area (TPSA) is 64.4 Å². The standard InChI is InChI=1S/C8H12N2O3.ClH/c1-7-9-2-3-10(7)4-5-13-6-8(11)12;/h2-3H,4-6H2,1H3,(H,11,12);1H. The van der Waals surface area contributed by atoms with Gasteiger partial charge in [-0.05, 0) is 6.92 Å². The largest absolute Gasteiger partial charge is 0.480 e. The van der Waals surface area contributed by atoms with Gasteiger partial charge in [0.2, 0.25) is 0 Å². The van der Waals surface area contributed by atoms with E-state index in [0.29, 0.717) is 13.2 Å². The zero-order chi connectivity index (χ0) is 9.68. The van der Waals surface area contributed by atoms with E-state index >= 15 is 0 Å². The number of carboxylic acids is 1. The molecule has 0 aliphatic carbocycles. The number of hydrogen-bond donors (Lipinski definition) is 1. The molecule has 0 bridgehead atoms. The van der Waals surface area contributed by atoms with E-state index in [4.69, 9.17) is 9.84 Å². The van der Waals surface area contributed by atoms with Crippen LogP contribution in [-0.2, 0) is 16.1 Å². The lowest BCUT2D eigenvalue weighted by atomic mass is 10.6. The van der Waals surface area contributed by atoms with Gasteiger partial charge in [0.05, 0.1) is 6.61 Å². The van der Waals surface area contributed by atoms with E-state index in [0.717, 1.165) is 5.82 Å². The van der Waals surface area contributed by atoms with Gasteiger partial charge in [-0.1, -0.05) is 0 Å². The number of aliphatic carboxylic acids is 1. The summed E-state index contributed by atoms with van der Waals surface area (Å²) in [5, 5.41) is 8.28. The summed E-state index contributed by atoms with van der Waals surface area (Å²) < 4.78 is 6.78. The van der Waals surface area contributed by atoms with Crippen LogP contribution in [0.2, 0.25) is 0 Å². The first-order valence-corrected chi connectivity index (χ1v) is 3.97. The number of carboxylic acid groups (broad SMARTS) is 1. The Balaban J connectivity index is 0.00000169. The molecule has 14 heavy (non-hydrogen) atoms. The summed E-state index contributed by atoms with van der Waals surface area (Å²) in [5.74, 6) is -0.0405. The van der Waals surface area contributed by atoms with Crippen LogP contribution >= 0.6 is 12.4 Å². The summed E-state index contributed by atoms with van der Waals surface area (Å²) in [6, 6.07) is 0. The maximum absolute atomic E-state index is 10.1. The van der Waals surface area contributed by atoms with E-state index in [1.165, 1.54) is 0 Å². The number of hydrogen-bond acceptors (Lipinski definition) is 3. The third kappa shape index (κ3) is 4.25. The number of imidazole rings is 1. The summed E-state index contributed by atoms with van der Waals surface area (Å²) in [6.45, 7) is 2.67. The smallest absolute Gasteiger partial charge is 0.329 e. The molecule has 0 aliphatic rings. The maximum Gasteiger partial charge on any atom is 0.329 e. The van der Waals surface area contributed by atoms with Crippen LogP contribution in [0.15, 0.2) is 12.4 Å². The Morgan fingerprint density at radius 1 is 1.71 bits per heavy atom. The van der Waals surface area contributed by atoms with Crippen LogP contribution in [0.3, 0.4) is 0 Å². The molecule has 0 saturated heterocycles. The van der Waals surface area contributed by atoms with Gasteiger partial charge in [0.1, 0.15) is 12.4 Å². The Morgan fingerprint density at radius 3 is 2.93 bits per heavy atom. The lowest BCUT2D eigenvalue weighted by Crippen LogP contribution is -2.12. The predicted molar refractivity (Wildman–Crippen MR) is 52.7 cm³/mol. The number of carbonyl (C=O) groups is 1. The second-order valence-electron chi connectivity index (χ2n) is 2.61. The van der Waals surface area contributed by atoms with Gasteiger partial charge in [-0.3, -0.25) is 0 Å². The van der Waals surface area contributed by atoms with Gasteiger partial charge in [0, 0.05) is 18.9 Å². The van der Waals surface area contributed by atoms with Gasteiger partial charge < -0.3 is 14.4 Å². The quantitative estimate of drug-likeness (QED) is 0.743. The normalized spacial score (nSPS) is 9.50. The highest BCUT2D eigenvalue weighted by Crippen LogP contribution is 1.94. The third-order valence-electron chi connectivity index (χ3n) is 1.63. The highest BCUT2D eigenvalue weighted by atomic mass is 35.5. The minimum absolute atomic E-state index is 0.